The molecule has 42 valence electrons. The van der Waals surface area contributed by atoms with Crippen molar-refractivity contribution in [1.82, 2.24) is 5.32 Å². The third-order valence-corrected chi connectivity index (χ3v) is 0.414. The van der Waals surface area contributed by atoms with Crippen molar-refractivity contribution in [1.29, 1.82) is 0 Å². The molecular weight excluding hydrogens is 96.0 g/mol. The van der Waals surface area contributed by atoms with Gasteiger partial charge in [0.25, 0.3) is 0 Å². The molecule has 0 bridgehead atoms. The van der Waals surface area contributed by atoms with Crippen molar-refractivity contribution in [3.05, 3.63) is 0 Å². The number of hydrogen-bond donors (Lipinski definition) is 2. The van der Waals surface area contributed by atoms with Gasteiger partial charge in [0.05, 0.1) is 0 Å². The van der Waals surface area contributed by atoms with Gasteiger partial charge in [-0.15, -0.1) is 0 Å². The highest BCUT2D eigenvalue weighted by Crippen LogP contribution is 1.49. The molecule has 0 heterocycles. The van der Waals surface area contributed by atoms with Crippen LogP contribution >= 0.6 is 0 Å². The SMILES string of the molecule is NCCNC(=O)[O-]. The second kappa shape index (κ2) is 3.42. The molecule has 0 aromatic carbocycles. The van der Waals surface area contributed by atoms with Crippen LogP contribution in [0.25, 0.3) is 0 Å². The maximum Gasteiger partial charge on any atom is 0.134 e. The minimum atomic E-state index is -1.27. The van der Waals surface area contributed by atoms with Crippen LogP contribution in [0.3, 0.4) is 0 Å². The molecule has 0 aromatic heterocycles. The Balaban J connectivity index is 2.82. The molecule has 0 atom stereocenters. The van der Waals surface area contributed by atoms with Gasteiger partial charge in [-0.1, -0.05) is 0 Å². The van der Waals surface area contributed by atoms with E-state index in [9.17, 15) is 9.90 Å². The van der Waals surface area contributed by atoms with E-state index in [-0.39, 0.29) is 6.54 Å². The van der Waals surface area contributed by atoms with Crippen LogP contribution < -0.4 is 16.2 Å². The number of nitrogens with one attached hydrogen (secondary N) is 1. The van der Waals surface area contributed by atoms with E-state index in [1.807, 2.05) is 5.32 Å². The zero-order valence-corrected chi connectivity index (χ0v) is 3.81. The van der Waals surface area contributed by atoms with Crippen molar-refractivity contribution in [2.45, 2.75) is 0 Å². The first kappa shape index (κ1) is 6.23. The van der Waals surface area contributed by atoms with Crippen molar-refractivity contribution in [2.24, 2.45) is 5.73 Å². The zero-order valence-electron chi connectivity index (χ0n) is 3.81. The molecule has 4 nitrogen and oxygen atoms in total. The Morgan fingerprint density at radius 2 is 2.43 bits per heavy atom. The summed E-state index contributed by atoms with van der Waals surface area (Å²) >= 11 is 0. The molecule has 0 aliphatic heterocycles. The average Bonchev–Trinajstić information content (AvgIpc) is 1.61. The van der Waals surface area contributed by atoms with E-state index >= 15 is 0 Å². The molecule has 3 N–H and O–H groups in total. The highest BCUT2D eigenvalue weighted by molar-refractivity contribution is 5.61. The summed E-state index contributed by atoms with van der Waals surface area (Å²) in [5.74, 6) is 0. The van der Waals surface area contributed by atoms with Crippen molar-refractivity contribution in [3.8, 4) is 0 Å². The van der Waals surface area contributed by atoms with Crippen LogP contribution in [0, 0.1) is 0 Å². The quantitative estimate of drug-likeness (QED) is 0.419. The molecular formula is C3H7N2O2-. The fourth-order valence-electron chi connectivity index (χ4n) is 0.174. The number of carboxylic acid groups (broad SMARTS) is 1. The molecule has 4 heteroatoms. The van der Waals surface area contributed by atoms with Gasteiger partial charge in [-0.3, -0.25) is 0 Å². The van der Waals surface area contributed by atoms with Gasteiger partial charge in [0.1, 0.15) is 6.09 Å². The molecule has 0 radical (unpaired) electrons. The van der Waals surface area contributed by atoms with Gasteiger partial charge in [-0.25, -0.2) is 0 Å². The topological polar surface area (TPSA) is 78.2 Å². The lowest BCUT2D eigenvalue weighted by Gasteiger charge is -2.01. The molecule has 7 heavy (non-hydrogen) atoms. The predicted molar refractivity (Wildman–Crippen MR) is 22.5 cm³/mol. The Morgan fingerprint density at radius 3 is 2.57 bits per heavy atom. The number of hydrogen-bond acceptors (Lipinski definition) is 3. The van der Waals surface area contributed by atoms with Crippen LogP contribution in [0.1, 0.15) is 0 Å². The van der Waals surface area contributed by atoms with Crippen LogP contribution in [-0.4, -0.2) is 19.2 Å². The normalized spacial score (nSPS) is 8.14. The summed E-state index contributed by atoms with van der Waals surface area (Å²) in [6.07, 6.45) is -1.27. The minimum Gasteiger partial charge on any atom is -0.530 e. The highest BCUT2D eigenvalue weighted by atomic mass is 16.4. The first-order valence-electron chi connectivity index (χ1n) is 1.92. The van der Waals surface area contributed by atoms with Crippen molar-refractivity contribution < 1.29 is 9.90 Å². The number of rotatable bonds is 2. The van der Waals surface area contributed by atoms with Gasteiger partial charge < -0.3 is 21.0 Å². The summed E-state index contributed by atoms with van der Waals surface area (Å²) in [7, 11) is 0. The summed E-state index contributed by atoms with van der Waals surface area (Å²) < 4.78 is 0. The molecule has 0 aliphatic carbocycles. The van der Waals surface area contributed by atoms with E-state index in [4.69, 9.17) is 5.73 Å². The number of amides is 1. The minimum absolute atomic E-state index is 0.266. The van der Waals surface area contributed by atoms with Crippen LogP contribution in [0.4, 0.5) is 4.79 Å². The number of carbonyl (C=O) groups excluding carboxylic acids is 1. The van der Waals surface area contributed by atoms with Gasteiger partial charge in [0, 0.05) is 13.1 Å². The Kier molecular flexibility index (Phi) is 3.04. The molecule has 0 spiro atoms. The molecule has 0 aliphatic rings. The number of nitrogens with two attached hydrogens (primary N) is 1. The standard InChI is InChI=1S/C3H8N2O2/c4-1-2-5-3(6)7/h5H,1-2,4H2,(H,6,7)/p-1. The largest absolute Gasteiger partial charge is 0.530 e. The molecule has 0 rings (SSSR count). The van der Waals surface area contributed by atoms with Gasteiger partial charge in [-0.2, -0.15) is 0 Å². The summed E-state index contributed by atoms with van der Waals surface area (Å²) in [4.78, 5) is 9.48. The van der Waals surface area contributed by atoms with Crippen LogP contribution in [0.15, 0.2) is 0 Å². The van der Waals surface area contributed by atoms with Crippen molar-refractivity contribution in [3.63, 3.8) is 0 Å². The fourth-order valence-corrected chi connectivity index (χ4v) is 0.174. The van der Waals surface area contributed by atoms with Crippen LogP contribution in [-0.2, 0) is 0 Å². The molecule has 0 aromatic rings. The predicted octanol–water partition coefficient (Wildman–Crippen LogP) is -2.12. The van der Waals surface area contributed by atoms with Gasteiger partial charge in [-0.05, 0) is 0 Å². The number of carbonyl (C=O) groups is 1. The highest BCUT2D eigenvalue weighted by Gasteiger charge is 1.75. The second-order valence-corrected chi connectivity index (χ2v) is 1.00. The van der Waals surface area contributed by atoms with E-state index in [1.54, 1.807) is 0 Å². The third kappa shape index (κ3) is 5.23. The molecule has 0 saturated carbocycles. The Hall–Kier alpha value is -0.770. The smallest absolute Gasteiger partial charge is 0.134 e. The van der Waals surface area contributed by atoms with E-state index < -0.39 is 6.09 Å². The summed E-state index contributed by atoms with van der Waals surface area (Å²) in [6, 6.07) is 0. The third-order valence-electron chi connectivity index (χ3n) is 0.414. The summed E-state index contributed by atoms with van der Waals surface area (Å²) in [5, 5.41) is 11.5. The molecule has 0 unspecified atom stereocenters. The first-order chi connectivity index (χ1) is 3.27. The van der Waals surface area contributed by atoms with Crippen LogP contribution in [0.2, 0.25) is 0 Å². The lowest BCUT2D eigenvalue weighted by Crippen LogP contribution is -2.39. The first-order valence-corrected chi connectivity index (χ1v) is 1.92. The molecule has 0 fully saturated rings. The van der Waals surface area contributed by atoms with E-state index in [1.165, 1.54) is 0 Å². The fraction of sp³-hybridized carbons (Fsp3) is 0.667. The summed E-state index contributed by atoms with van der Waals surface area (Å²) in [6.45, 7) is 0.580. The van der Waals surface area contributed by atoms with Crippen LogP contribution in [0.5, 0.6) is 0 Å². The van der Waals surface area contributed by atoms with E-state index in [0.29, 0.717) is 6.54 Å². The maximum absolute atomic E-state index is 9.48. The Morgan fingerprint density at radius 1 is 1.86 bits per heavy atom. The molecule has 1 amide bonds. The lowest BCUT2D eigenvalue weighted by atomic mass is 10.7. The van der Waals surface area contributed by atoms with Gasteiger partial charge in [0.2, 0.25) is 0 Å². The van der Waals surface area contributed by atoms with Crippen molar-refractivity contribution in [2.75, 3.05) is 13.1 Å². The Labute approximate surface area is 41.3 Å². The zero-order chi connectivity index (χ0) is 5.70. The second-order valence-electron chi connectivity index (χ2n) is 1.00. The summed E-state index contributed by atoms with van der Waals surface area (Å²) in [5.41, 5.74) is 4.92. The Bertz CT molecular complexity index is 64.0. The molecule has 0 saturated heterocycles. The van der Waals surface area contributed by atoms with Gasteiger partial charge in [0.15, 0.2) is 0 Å². The maximum atomic E-state index is 9.48. The lowest BCUT2D eigenvalue weighted by molar-refractivity contribution is -0.250. The average molecular weight is 103 g/mol. The van der Waals surface area contributed by atoms with E-state index in [2.05, 4.69) is 0 Å². The van der Waals surface area contributed by atoms with E-state index in [0.717, 1.165) is 0 Å². The van der Waals surface area contributed by atoms with Gasteiger partial charge >= 0.3 is 0 Å². The monoisotopic (exact) mass is 103 g/mol. The van der Waals surface area contributed by atoms with Crippen molar-refractivity contribution >= 4 is 6.09 Å².